The van der Waals surface area contributed by atoms with Gasteiger partial charge in [0.1, 0.15) is 15.7 Å². The summed E-state index contributed by atoms with van der Waals surface area (Å²) >= 11 is 3.05. The Labute approximate surface area is 201 Å². The lowest BCUT2D eigenvalue weighted by molar-refractivity contribution is 0.102. The number of thioether (sulfide) groups is 1. The molecule has 1 N–H and O–H groups in total. The van der Waals surface area contributed by atoms with Gasteiger partial charge in [-0.25, -0.2) is 23.1 Å². The zero-order valence-corrected chi connectivity index (χ0v) is 20.7. The second-order valence-corrected chi connectivity index (χ2v) is 11.4. The first-order chi connectivity index (χ1) is 15.8. The molecular formula is C24H23N3O3S3. The van der Waals surface area contributed by atoms with Crippen molar-refractivity contribution in [3.05, 3.63) is 77.6 Å². The summed E-state index contributed by atoms with van der Waals surface area (Å²) in [4.78, 5) is 24.0. The number of hydrogen-bond donors (Lipinski definition) is 1. The molecule has 0 unspecified atom stereocenters. The van der Waals surface area contributed by atoms with Crippen LogP contribution in [0.2, 0.25) is 0 Å². The fourth-order valence-electron chi connectivity index (χ4n) is 3.31. The van der Waals surface area contributed by atoms with Crippen molar-refractivity contribution in [1.82, 2.24) is 14.7 Å². The maximum atomic E-state index is 12.8. The van der Waals surface area contributed by atoms with E-state index in [1.165, 1.54) is 11.8 Å². The minimum atomic E-state index is -3.20. The summed E-state index contributed by atoms with van der Waals surface area (Å²) in [6, 6.07) is 19.6. The predicted octanol–water partition coefficient (Wildman–Crippen LogP) is 4.73. The third-order valence-corrected chi connectivity index (χ3v) is 7.72. The minimum Gasteiger partial charge on any atom is -0.293 e. The predicted molar refractivity (Wildman–Crippen MR) is 136 cm³/mol. The Balaban J connectivity index is 1.44. The number of thiophene rings is 1. The molecule has 4 aromatic rings. The Morgan fingerprint density at radius 2 is 1.79 bits per heavy atom. The van der Waals surface area contributed by atoms with Gasteiger partial charge < -0.3 is 0 Å². The number of rotatable bonds is 9. The SMILES string of the molecule is Cc1nc(SCC(=O)c2ccc(CCNS(C)(=O)=O)cc2)c2cc(-c3ccccc3)sc2n1. The number of aromatic nitrogens is 2. The lowest BCUT2D eigenvalue weighted by Gasteiger charge is -2.06. The molecule has 33 heavy (non-hydrogen) atoms. The number of ketones is 1. The van der Waals surface area contributed by atoms with E-state index in [1.54, 1.807) is 23.5 Å². The fourth-order valence-corrected chi connectivity index (χ4v) is 5.87. The third kappa shape index (κ3) is 6.26. The molecule has 0 atom stereocenters. The van der Waals surface area contributed by atoms with E-state index >= 15 is 0 Å². The topological polar surface area (TPSA) is 89.0 Å². The van der Waals surface area contributed by atoms with Crippen LogP contribution >= 0.6 is 23.1 Å². The Kier molecular flexibility index (Phi) is 7.23. The van der Waals surface area contributed by atoms with E-state index in [4.69, 9.17) is 0 Å². The van der Waals surface area contributed by atoms with E-state index in [0.29, 0.717) is 24.4 Å². The van der Waals surface area contributed by atoms with E-state index in [2.05, 4.69) is 32.9 Å². The second kappa shape index (κ2) is 10.1. The molecule has 4 rings (SSSR count). The van der Waals surface area contributed by atoms with E-state index in [1.807, 2.05) is 37.3 Å². The molecule has 0 amide bonds. The molecule has 0 saturated heterocycles. The Bertz CT molecular complexity index is 1380. The van der Waals surface area contributed by atoms with Gasteiger partial charge in [0.05, 0.1) is 12.0 Å². The van der Waals surface area contributed by atoms with Crippen LogP contribution in [-0.2, 0) is 16.4 Å². The Hall–Kier alpha value is -2.59. The average molecular weight is 498 g/mol. The van der Waals surface area contributed by atoms with Crippen molar-refractivity contribution in [2.24, 2.45) is 0 Å². The van der Waals surface area contributed by atoms with Crippen LogP contribution < -0.4 is 4.72 Å². The molecule has 2 heterocycles. The highest BCUT2D eigenvalue weighted by Crippen LogP contribution is 2.36. The molecule has 0 radical (unpaired) electrons. The third-order valence-electron chi connectivity index (χ3n) is 4.92. The van der Waals surface area contributed by atoms with Crippen molar-refractivity contribution < 1.29 is 13.2 Å². The van der Waals surface area contributed by atoms with Crippen molar-refractivity contribution in [3.8, 4) is 10.4 Å². The van der Waals surface area contributed by atoms with Crippen molar-refractivity contribution in [2.75, 3.05) is 18.6 Å². The van der Waals surface area contributed by atoms with Crippen LogP contribution in [-0.4, -0.2) is 42.7 Å². The first-order valence-corrected chi connectivity index (χ1v) is 14.0. The van der Waals surface area contributed by atoms with Crippen molar-refractivity contribution in [2.45, 2.75) is 18.4 Å². The number of carbonyl (C=O) groups is 1. The molecule has 0 aliphatic rings. The van der Waals surface area contributed by atoms with E-state index in [9.17, 15) is 13.2 Å². The van der Waals surface area contributed by atoms with Gasteiger partial charge in [0.15, 0.2) is 5.78 Å². The summed E-state index contributed by atoms with van der Waals surface area (Å²) in [7, 11) is -3.20. The van der Waals surface area contributed by atoms with Gasteiger partial charge in [0.2, 0.25) is 10.0 Å². The van der Waals surface area contributed by atoms with Gasteiger partial charge in [-0.2, -0.15) is 0 Å². The zero-order chi connectivity index (χ0) is 23.4. The van der Waals surface area contributed by atoms with Gasteiger partial charge in [0.25, 0.3) is 0 Å². The summed E-state index contributed by atoms with van der Waals surface area (Å²) in [6.45, 7) is 2.20. The highest BCUT2D eigenvalue weighted by Gasteiger charge is 2.14. The molecule has 0 aliphatic carbocycles. The monoisotopic (exact) mass is 497 g/mol. The summed E-state index contributed by atoms with van der Waals surface area (Å²) in [5.74, 6) is 0.978. The summed E-state index contributed by atoms with van der Waals surface area (Å²) in [5, 5.41) is 1.78. The number of fused-ring (bicyclic) bond motifs is 1. The number of benzene rings is 2. The smallest absolute Gasteiger partial charge is 0.208 e. The fraction of sp³-hybridized carbons (Fsp3) is 0.208. The quantitative estimate of drug-likeness (QED) is 0.204. The summed E-state index contributed by atoms with van der Waals surface area (Å²) < 4.78 is 24.8. The number of sulfonamides is 1. The number of aryl methyl sites for hydroxylation is 1. The zero-order valence-electron chi connectivity index (χ0n) is 18.2. The molecule has 0 fully saturated rings. The number of carbonyl (C=O) groups excluding carboxylic acids is 1. The summed E-state index contributed by atoms with van der Waals surface area (Å²) in [6.07, 6.45) is 1.70. The van der Waals surface area contributed by atoms with E-state index in [-0.39, 0.29) is 11.5 Å². The largest absolute Gasteiger partial charge is 0.293 e. The van der Waals surface area contributed by atoms with Crippen molar-refractivity contribution in [1.29, 1.82) is 0 Å². The standard InChI is InChI=1S/C24H23N3O3S3/c1-16-26-23(20-14-22(32-24(20)27-16)19-6-4-3-5-7-19)31-15-21(28)18-10-8-17(9-11-18)12-13-25-33(2,29)30/h3-11,14,25H,12-13,15H2,1-2H3. The molecule has 2 aromatic carbocycles. The number of hydrogen-bond acceptors (Lipinski definition) is 7. The molecular weight excluding hydrogens is 474 g/mol. The van der Waals surface area contributed by atoms with Crippen LogP contribution in [0.15, 0.2) is 65.7 Å². The second-order valence-electron chi connectivity index (χ2n) is 7.60. The lowest BCUT2D eigenvalue weighted by Crippen LogP contribution is -2.24. The molecule has 9 heteroatoms. The lowest BCUT2D eigenvalue weighted by atomic mass is 10.1. The van der Waals surface area contributed by atoms with Gasteiger partial charge in [0, 0.05) is 22.4 Å². The van der Waals surface area contributed by atoms with Crippen LogP contribution in [0.5, 0.6) is 0 Å². The Morgan fingerprint density at radius 1 is 1.06 bits per heavy atom. The maximum Gasteiger partial charge on any atom is 0.208 e. The van der Waals surface area contributed by atoms with Crippen molar-refractivity contribution >= 4 is 49.1 Å². The summed E-state index contributed by atoms with van der Waals surface area (Å²) in [5.41, 5.74) is 2.73. The van der Waals surface area contributed by atoms with Gasteiger partial charge in [-0.3, -0.25) is 4.79 Å². The van der Waals surface area contributed by atoms with E-state index in [0.717, 1.165) is 37.5 Å². The van der Waals surface area contributed by atoms with Gasteiger partial charge in [-0.1, -0.05) is 66.4 Å². The van der Waals surface area contributed by atoms with Gasteiger partial charge >= 0.3 is 0 Å². The van der Waals surface area contributed by atoms with Gasteiger partial charge in [-0.15, -0.1) is 11.3 Å². The van der Waals surface area contributed by atoms with Crippen LogP contribution in [0.4, 0.5) is 0 Å². The number of Topliss-reactive ketones (excluding diaryl/α,β-unsaturated/α-hetero) is 1. The van der Waals surface area contributed by atoms with Gasteiger partial charge in [-0.05, 0) is 30.5 Å². The van der Waals surface area contributed by atoms with Crippen LogP contribution in [0.3, 0.4) is 0 Å². The first-order valence-electron chi connectivity index (χ1n) is 10.3. The number of nitrogens with one attached hydrogen (secondary N) is 1. The molecule has 6 nitrogen and oxygen atoms in total. The molecule has 2 aromatic heterocycles. The molecule has 0 bridgehead atoms. The highest BCUT2D eigenvalue weighted by molar-refractivity contribution is 8.00. The van der Waals surface area contributed by atoms with E-state index < -0.39 is 10.0 Å². The molecule has 170 valence electrons. The first kappa shape index (κ1) is 23.6. The van der Waals surface area contributed by atoms with Crippen LogP contribution in [0.25, 0.3) is 20.7 Å². The Morgan fingerprint density at radius 3 is 2.48 bits per heavy atom. The van der Waals surface area contributed by atoms with Crippen molar-refractivity contribution in [3.63, 3.8) is 0 Å². The normalized spacial score (nSPS) is 11.7. The average Bonchev–Trinajstić information content (AvgIpc) is 3.21. The molecule has 0 aliphatic heterocycles. The maximum absolute atomic E-state index is 12.8. The molecule has 0 spiro atoms. The minimum absolute atomic E-state index is 0.0174. The highest BCUT2D eigenvalue weighted by atomic mass is 32.2. The van der Waals surface area contributed by atoms with Crippen LogP contribution in [0.1, 0.15) is 21.7 Å². The van der Waals surface area contributed by atoms with Crippen LogP contribution in [0, 0.1) is 6.92 Å². The molecule has 0 saturated carbocycles. The number of nitrogens with zero attached hydrogens (tertiary/aromatic N) is 2.